The first-order valence-corrected chi connectivity index (χ1v) is 8.37. The van der Waals surface area contributed by atoms with Gasteiger partial charge in [-0.1, -0.05) is 41.5 Å². The molecule has 120 valence electrons. The molecule has 0 spiro atoms. The summed E-state index contributed by atoms with van der Waals surface area (Å²) in [4.78, 5) is 4.80. The highest BCUT2D eigenvalue weighted by Gasteiger charge is 2.33. The van der Waals surface area contributed by atoms with Crippen molar-refractivity contribution in [3.8, 4) is 0 Å². The number of rotatable bonds is 0. The summed E-state index contributed by atoms with van der Waals surface area (Å²) in [7, 11) is 4.40. The summed E-state index contributed by atoms with van der Waals surface area (Å²) in [6.07, 6.45) is 2.78. The molecule has 2 saturated heterocycles. The van der Waals surface area contributed by atoms with Crippen molar-refractivity contribution in [1.29, 1.82) is 0 Å². The molecule has 0 aromatic rings. The minimum Gasteiger partial charge on any atom is -0.306 e. The van der Waals surface area contributed by atoms with Gasteiger partial charge in [0, 0.05) is 13.1 Å². The van der Waals surface area contributed by atoms with E-state index in [1.54, 1.807) is 0 Å². The number of likely N-dealkylation sites (tertiary alicyclic amines) is 2. The highest BCUT2D eigenvalue weighted by molar-refractivity contribution is 4.85. The Morgan fingerprint density at radius 2 is 1.05 bits per heavy atom. The van der Waals surface area contributed by atoms with E-state index in [4.69, 9.17) is 0 Å². The van der Waals surface area contributed by atoms with Gasteiger partial charge < -0.3 is 9.80 Å². The number of nitrogens with zero attached hydrogens (tertiary/aromatic N) is 2. The SMILES string of the molecule is CN1CC(C(C)(C)C)C1.CN1CCC(C(C)(C)C)CC1. The Hall–Kier alpha value is -0.0800. The second-order valence-corrected chi connectivity index (χ2v) is 9.23. The Bertz CT molecular complexity index is 271. The molecule has 2 fully saturated rings. The third-order valence-corrected chi connectivity index (χ3v) is 5.23. The average Bonchev–Trinajstić information content (AvgIpc) is 2.24. The molecule has 0 amide bonds. The van der Waals surface area contributed by atoms with E-state index in [2.05, 4.69) is 65.4 Å². The molecule has 2 nitrogen and oxygen atoms in total. The Morgan fingerprint density at radius 3 is 1.30 bits per heavy atom. The quantitative estimate of drug-likeness (QED) is 0.663. The molecule has 2 heteroatoms. The Morgan fingerprint density at radius 1 is 0.650 bits per heavy atom. The molecule has 0 radical (unpaired) electrons. The molecule has 0 aromatic carbocycles. The predicted molar refractivity (Wildman–Crippen MR) is 90.1 cm³/mol. The van der Waals surface area contributed by atoms with Crippen LogP contribution in [-0.2, 0) is 0 Å². The lowest BCUT2D eigenvalue weighted by Crippen LogP contribution is -2.49. The second kappa shape index (κ2) is 6.79. The van der Waals surface area contributed by atoms with Gasteiger partial charge in [0.1, 0.15) is 0 Å². The average molecular weight is 283 g/mol. The smallest absolute Gasteiger partial charge is 0.00240 e. The zero-order valence-corrected chi connectivity index (χ0v) is 15.3. The maximum atomic E-state index is 2.43. The summed E-state index contributed by atoms with van der Waals surface area (Å²) < 4.78 is 0. The lowest BCUT2D eigenvalue weighted by atomic mass is 9.75. The highest BCUT2D eigenvalue weighted by Crippen LogP contribution is 2.33. The van der Waals surface area contributed by atoms with Crippen molar-refractivity contribution in [1.82, 2.24) is 9.80 Å². The first kappa shape index (κ1) is 18.0. The van der Waals surface area contributed by atoms with E-state index in [1.165, 1.54) is 39.0 Å². The van der Waals surface area contributed by atoms with E-state index < -0.39 is 0 Å². The fourth-order valence-electron chi connectivity index (χ4n) is 3.12. The van der Waals surface area contributed by atoms with E-state index in [-0.39, 0.29) is 0 Å². The van der Waals surface area contributed by atoms with Crippen LogP contribution in [0, 0.1) is 22.7 Å². The largest absolute Gasteiger partial charge is 0.306 e. The number of hydrogen-bond acceptors (Lipinski definition) is 2. The van der Waals surface area contributed by atoms with E-state index in [9.17, 15) is 0 Å². The lowest BCUT2D eigenvalue weighted by Gasteiger charge is -2.44. The van der Waals surface area contributed by atoms with E-state index in [0.29, 0.717) is 10.8 Å². The van der Waals surface area contributed by atoms with E-state index in [1.807, 2.05) is 0 Å². The number of piperidine rings is 1. The summed E-state index contributed by atoms with van der Waals surface area (Å²) in [6, 6.07) is 0. The van der Waals surface area contributed by atoms with Gasteiger partial charge in [0.05, 0.1) is 0 Å². The van der Waals surface area contributed by atoms with Crippen LogP contribution in [0.3, 0.4) is 0 Å². The van der Waals surface area contributed by atoms with Gasteiger partial charge in [0.2, 0.25) is 0 Å². The molecule has 2 aliphatic heterocycles. The maximum Gasteiger partial charge on any atom is 0.00240 e. The van der Waals surface area contributed by atoms with Crippen LogP contribution in [0.2, 0.25) is 0 Å². The minimum atomic E-state index is 0.529. The Labute approximate surface area is 127 Å². The van der Waals surface area contributed by atoms with Crippen molar-refractivity contribution >= 4 is 0 Å². The first-order valence-electron chi connectivity index (χ1n) is 8.37. The second-order valence-electron chi connectivity index (χ2n) is 9.23. The summed E-state index contributed by atoms with van der Waals surface area (Å²) in [5, 5.41) is 0. The molecular weight excluding hydrogens is 244 g/mol. The van der Waals surface area contributed by atoms with Gasteiger partial charge in [-0.25, -0.2) is 0 Å². The van der Waals surface area contributed by atoms with Gasteiger partial charge in [-0.05, 0) is 62.7 Å². The summed E-state index contributed by atoms with van der Waals surface area (Å²) in [6.45, 7) is 19.2. The molecule has 20 heavy (non-hydrogen) atoms. The van der Waals surface area contributed by atoms with Crippen molar-refractivity contribution in [3.63, 3.8) is 0 Å². The van der Waals surface area contributed by atoms with Crippen molar-refractivity contribution in [2.75, 3.05) is 40.3 Å². The van der Waals surface area contributed by atoms with Crippen molar-refractivity contribution in [2.45, 2.75) is 54.4 Å². The van der Waals surface area contributed by atoms with Gasteiger partial charge in [-0.2, -0.15) is 0 Å². The van der Waals surface area contributed by atoms with Gasteiger partial charge in [0.15, 0.2) is 0 Å². The van der Waals surface area contributed by atoms with Crippen LogP contribution in [0.4, 0.5) is 0 Å². The van der Waals surface area contributed by atoms with Crippen LogP contribution in [0.1, 0.15) is 54.4 Å². The molecule has 0 unspecified atom stereocenters. The molecule has 0 atom stereocenters. The zero-order chi connectivity index (χ0) is 15.6. The molecule has 0 bridgehead atoms. The lowest BCUT2D eigenvalue weighted by molar-refractivity contribution is 0.0459. The van der Waals surface area contributed by atoms with Gasteiger partial charge in [0.25, 0.3) is 0 Å². The molecule has 2 heterocycles. The van der Waals surface area contributed by atoms with Crippen LogP contribution in [0.25, 0.3) is 0 Å². The Balaban J connectivity index is 0.000000204. The van der Waals surface area contributed by atoms with Gasteiger partial charge in [-0.15, -0.1) is 0 Å². The van der Waals surface area contributed by atoms with Crippen molar-refractivity contribution in [2.24, 2.45) is 22.7 Å². The standard InChI is InChI=1S/C10H21N.C8H17N/c1-10(2,3)9-5-7-11(4)8-6-9;1-8(2,3)7-5-9(4)6-7/h9H,5-8H2,1-4H3;7H,5-6H2,1-4H3. The van der Waals surface area contributed by atoms with Crippen LogP contribution in [0.5, 0.6) is 0 Å². The predicted octanol–water partition coefficient (Wildman–Crippen LogP) is 3.97. The topological polar surface area (TPSA) is 6.48 Å². The van der Waals surface area contributed by atoms with Gasteiger partial charge >= 0.3 is 0 Å². The molecule has 0 aliphatic carbocycles. The number of hydrogen-bond donors (Lipinski definition) is 0. The minimum absolute atomic E-state index is 0.529. The summed E-state index contributed by atoms with van der Waals surface area (Å²) in [5.74, 6) is 1.88. The van der Waals surface area contributed by atoms with Crippen LogP contribution >= 0.6 is 0 Å². The van der Waals surface area contributed by atoms with Gasteiger partial charge in [-0.3, -0.25) is 0 Å². The molecule has 0 saturated carbocycles. The van der Waals surface area contributed by atoms with E-state index >= 15 is 0 Å². The zero-order valence-electron chi connectivity index (χ0n) is 15.3. The molecule has 2 rings (SSSR count). The molecular formula is C18H38N2. The van der Waals surface area contributed by atoms with Crippen LogP contribution < -0.4 is 0 Å². The molecule has 0 N–H and O–H groups in total. The fraction of sp³-hybridized carbons (Fsp3) is 1.00. The highest BCUT2D eigenvalue weighted by atomic mass is 15.2. The third kappa shape index (κ3) is 5.73. The van der Waals surface area contributed by atoms with Crippen LogP contribution in [0.15, 0.2) is 0 Å². The van der Waals surface area contributed by atoms with E-state index in [0.717, 1.165) is 11.8 Å². The molecule has 0 aromatic heterocycles. The van der Waals surface area contributed by atoms with Crippen molar-refractivity contribution < 1.29 is 0 Å². The van der Waals surface area contributed by atoms with Crippen LogP contribution in [-0.4, -0.2) is 50.1 Å². The van der Waals surface area contributed by atoms with Crippen molar-refractivity contribution in [3.05, 3.63) is 0 Å². The molecule has 2 aliphatic rings. The summed E-state index contributed by atoms with van der Waals surface area (Å²) >= 11 is 0. The normalized spacial score (nSPS) is 24.0. The fourth-order valence-corrected chi connectivity index (χ4v) is 3.12. The summed E-state index contributed by atoms with van der Waals surface area (Å²) in [5.41, 5.74) is 1.06. The maximum absolute atomic E-state index is 2.43. The monoisotopic (exact) mass is 282 g/mol. The Kier molecular flexibility index (Phi) is 6.10. The first-order chi connectivity index (χ1) is 9.00. The third-order valence-electron chi connectivity index (χ3n) is 5.23.